The molecule has 1 fully saturated rings. The lowest BCUT2D eigenvalue weighted by Gasteiger charge is -2.19. The van der Waals surface area contributed by atoms with Crippen LogP contribution in [0.5, 0.6) is 0 Å². The number of carbonyl (C=O) groups excluding carboxylic acids is 1. The fraction of sp³-hybridized carbons (Fsp3) is 0.474. The summed E-state index contributed by atoms with van der Waals surface area (Å²) >= 11 is 1.43. The highest BCUT2D eigenvalue weighted by Crippen LogP contribution is 2.35. The molecule has 1 aromatic heterocycles. The normalized spacial score (nSPS) is 17.7. The molecular formula is C19H23N3O3S2. The molecule has 0 spiro atoms. The molecule has 1 amide bonds. The Bertz CT molecular complexity index is 962. The van der Waals surface area contributed by atoms with E-state index in [1.54, 1.807) is 0 Å². The zero-order valence-corrected chi connectivity index (χ0v) is 16.9. The molecule has 1 aliphatic heterocycles. The summed E-state index contributed by atoms with van der Waals surface area (Å²) in [5.74, 6) is 0.182. The van der Waals surface area contributed by atoms with Gasteiger partial charge in [0.05, 0.1) is 17.6 Å². The molecule has 0 unspecified atom stereocenters. The van der Waals surface area contributed by atoms with Crippen molar-refractivity contribution < 1.29 is 13.2 Å². The number of nitrogens with zero attached hydrogens (tertiary/aromatic N) is 2. The average molecular weight is 406 g/mol. The highest BCUT2D eigenvalue weighted by molar-refractivity contribution is 7.92. The van der Waals surface area contributed by atoms with E-state index < -0.39 is 10.0 Å². The van der Waals surface area contributed by atoms with E-state index >= 15 is 0 Å². The Hall–Kier alpha value is -1.93. The fourth-order valence-electron chi connectivity index (χ4n) is 3.91. The van der Waals surface area contributed by atoms with Crippen molar-refractivity contribution in [3.8, 4) is 11.3 Å². The molecule has 6 nitrogen and oxygen atoms in total. The summed E-state index contributed by atoms with van der Waals surface area (Å²) in [6.45, 7) is 0.484. The minimum absolute atomic E-state index is 0.0772. The minimum atomic E-state index is -3.24. The first-order valence-electron chi connectivity index (χ1n) is 9.29. The number of nitrogens with one attached hydrogen (secondary N) is 1. The molecule has 0 bridgehead atoms. The van der Waals surface area contributed by atoms with Crippen molar-refractivity contribution >= 4 is 38.1 Å². The van der Waals surface area contributed by atoms with Crippen molar-refractivity contribution in [2.24, 2.45) is 5.92 Å². The predicted molar refractivity (Wildman–Crippen MR) is 109 cm³/mol. The van der Waals surface area contributed by atoms with Crippen molar-refractivity contribution in [2.45, 2.75) is 38.5 Å². The predicted octanol–water partition coefficient (Wildman–Crippen LogP) is 3.65. The summed E-state index contributed by atoms with van der Waals surface area (Å²) in [4.78, 5) is 17.0. The van der Waals surface area contributed by atoms with Crippen LogP contribution in [-0.2, 0) is 21.2 Å². The quantitative estimate of drug-likeness (QED) is 0.842. The van der Waals surface area contributed by atoms with Crippen LogP contribution >= 0.6 is 11.3 Å². The van der Waals surface area contributed by atoms with E-state index in [-0.39, 0.29) is 11.8 Å². The number of benzene rings is 1. The molecule has 27 heavy (non-hydrogen) atoms. The van der Waals surface area contributed by atoms with Gasteiger partial charge in [0.25, 0.3) is 0 Å². The van der Waals surface area contributed by atoms with E-state index in [1.807, 2.05) is 23.6 Å². The lowest BCUT2D eigenvalue weighted by molar-refractivity contribution is -0.120. The zero-order valence-electron chi connectivity index (χ0n) is 15.3. The first kappa shape index (κ1) is 18.4. The molecule has 8 heteroatoms. The van der Waals surface area contributed by atoms with Gasteiger partial charge in [0.15, 0.2) is 5.13 Å². The van der Waals surface area contributed by atoms with Crippen LogP contribution in [0, 0.1) is 5.92 Å². The van der Waals surface area contributed by atoms with Gasteiger partial charge < -0.3 is 5.32 Å². The number of hydrogen-bond acceptors (Lipinski definition) is 5. The van der Waals surface area contributed by atoms with Gasteiger partial charge in [-0.3, -0.25) is 9.10 Å². The van der Waals surface area contributed by atoms with Crippen LogP contribution in [0.25, 0.3) is 11.3 Å². The Morgan fingerprint density at radius 2 is 2.04 bits per heavy atom. The van der Waals surface area contributed by atoms with Crippen LogP contribution in [0.4, 0.5) is 10.8 Å². The highest BCUT2D eigenvalue weighted by atomic mass is 32.2. The summed E-state index contributed by atoms with van der Waals surface area (Å²) in [6, 6.07) is 5.74. The van der Waals surface area contributed by atoms with Crippen LogP contribution in [0.15, 0.2) is 23.6 Å². The van der Waals surface area contributed by atoms with Gasteiger partial charge in [0.1, 0.15) is 0 Å². The van der Waals surface area contributed by atoms with Crippen molar-refractivity contribution in [1.29, 1.82) is 0 Å². The van der Waals surface area contributed by atoms with Gasteiger partial charge in [-0.2, -0.15) is 0 Å². The first-order chi connectivity index (χ1) is 12.9. The van der Waals surface area contributed by atoms with Gasteiger partial charge in [-0.1, -0.05) is 25.3 Å². The Morgan fingerprint density at radius 1 is 1.26 bits per heavy atom. The summed E-state index contributed by atoms with van der Waals surface area (Å²) in [6.07, 6.45) is 7.34. The Balaban J connectivity index is 1.50. The molecule has 1 aliphatic carbocycles. The number of hydrogen-bond donors (Lipinski definition) is 1. The fourth-order valence-corrected chi connectivity index (χ4v) is 5.59. The largest absolute Gasteiger partial charge is 0.302 e. The Morgan fingerprint density at radius 3 is 2.78 bits per heavy atom. The third-order valence-electron chi connectivity index (χ3n) is 5.34. The molecule has 1 saturated carbocycles. The van der Waals surface area contributed by atoms with Gasteiger partial charge in [-0.25, -0.2) is 13.4 Å². The molecule has 144 valence electrons. The zero-order chi connectivity index (χ0) is 19.0. The van der Waals surface area contributed by atoms with E-state index in [0.717, 1.165) is 48.2 Å². The smallest absolute Gasteiger partial charge is 0.232 e. The number of anilines is 2. The van der Waals surface area contributed by atoms with Gasteiger partial charge in [0.2, 0.25) is 15.9 Å². The van der Waals surface area contributed by atoms with Crippen LogP contribution in [0.3, 0.4) is 0 Å². The van der Waals surface area contributed by atoms with Gasteiger partial charge in [0, 0.05) is 23.4 Å². The van der Waals surface area contributed by atoms with Crippen molar-refractivity contribution in [2.75, 3.05) is 22.4 Å². The van der Waals surface area contributed by atoms with Gasteiger partial charge >= 0.3 is 0 Å². The van der Waals surface area contributed by atoms with Crippen LogP contribution in [-0.4, -0.2) is 32.1 Å². The molecule has 2 aromatic rings. The third kappa shape index (κ3) is 3.87. The molecule has 0 radical (unpaired) electrons. The molecule has 1 N–H and O–H groups in total. The second-order valence-corrected chi connectivity index (χ2v) is 10.1. The maximum absolute atomic E-state index is 12.4. The number of rotatable bonds is 4. The van der Waals surface area contributed by atoms with Gasteiger partial charge in [-0.05, 0) is 37.0 Å². The van der Waals surface area contributed by atoms with Gasteiger partial charge in [-0.15, -0.1) is 11.3 Å². The second-order valence-electron chi connectivity index (χ2n) is 7.29. The second kappa shape index (κ2) is 7.24. The number of amides is 1. The standard InChI is InChI=1S/C19H23N3O3S2/c1-27(24,25)22-10-9-15-11-14(7-8-17(15)22)16-12-26-19(20-16)21-18(23)13-5-3-2-4-6-13/h7-8,11-13H,2-6,9-10H2,1H3,(H,20,21,23). The Labute approximate surface area is 163 Å². The Kier molecular flexibility index (Phi) is 4.94. The van der Waals surface area contributed by atoms with Crippen molar-refractivity contribution in [1.82, 2.24) is 4.98 Å². The minimum Gasteiger partial charge on any atom is -0.302 e. The summed E-state index contributed by atoms with van der Waals surface area (Å²) in [7, 11) is -3.24. The van der Waals surface area contributed by atoms with Crippen LogP contribution in [0.1, 0.15) is 37.7 Å². The molecule has 2 heterocycles. The van der Waals surface area contributed by atoms with E-state index in [0.29, 0.717) is 18.1 Å². The molecule has 0 saturated heterocycles. The maximum atomic E-state index is 12.4. The van der Waals surface area contributed by atoms with E-state index in [1.165, 1.54) is 28.3 Å². The van der Waals surface area contributed by atoms with Crippen LogP contribution in [0.2, 0.25) is 0 Å². The van der Waals surface area contributed by atoms with E-state index in [2.05, 4.69) is 10.3 Å². The summed E-state index contributed by atoms with van der Waals surface area (Å²) < 4.78 is 25.2. The average Bonchev–Trinajstić information content (AvgIpc) is 3.28. The lowest BCUT2D eigenvalue weighted by Crippen LogP contribution is -2.27. The molecule has 2 aliphatic rings. The highest BCUT2D eigenvalue weighted by Gasteiger charge is 2.26. The number of aromatic nitrogens is 1. The van der Waals surface area contributed by atoms with Crippen LogP contribution < -0.4 is 9.62 Å². The summed E-state index contributed by atoms with van der Waals surface area (Å²) in [5.41, 5.74) is 3.51. The maximum Gasteiger partial charge on any atom is 0.232 e. The number of sulfonamides is 1. The first-order valence-corrected chi connectivity index (χ1v) is 12.0. The van der Waals surface area contributed by atoms with E-state index in [4.69, 9.17) is 0 Å². The van der Waals surface area contributed by atoms with Crippen molar-refractivity contribution in [3.63, 3.8) is 0 Å². The summed E-state index contributed by atoms with van der Waals surface area (Å²) in [5, 5.41) is 5.52. The lowest BCUT2D eigenvalue weighted by atomic mass is 9.89. The van der Waals surface area contributed by atoms with E-state index in [9.17, 15) is 13.2 Å². The van der Waals surface area contributed by atoms with Crippen molar-refractivity contribution in [3.05, 3.63) is 29.1 Å². The molecule has 4 rings (SSSR count). The number of fused-ring (bicyclic) bond motifs is 1. The number of thiazole rings is 1. The molecule has 0 atom stereocenters. The molecule has 1 aromatic carbocycles. The monoisotopic (exact) mass is 405 g/mol. The molecular weight excluding hydrogens is 382 g/mol. The SMILES string of the molecule is CS(=O)(=O)N1CCc2cc(-c3csc(NC(=O)C4CCCCC4)n3)ccc21. The third-order valence-corrected chi connectivity index (χ3v) is 7.28. The topological polar surface area (TPSA) is 79.4 Å². The number of carbonyl (C=O) groups is 1.